The van der Waals surface area contributed by atoms with Crippen LogP contribution in [-0.4, -0.2) is 46.2 Å². The minimum Gasteiger partial charge on any atom is -0.370 e. The summed E-state index contributed by atoms with van der Waals surface area (Å²) in [5.41, 5.74) is 1.12. The summed E-state index contributed by atoms with van der Waals surface area (Å²) in [6.07, 6.45) is 1.85. The molecule has 2 amide bonds. The number of rotatable bonds is 3. The molecule has 1 aliphatic heterocycles. The minimum absolute atomic E-state index is 0.0491. The molecule has 1 saturated heterocycles. The maximum absolute atomic E-state index is 12.3. The van der Waals surface area contributed by atoms with E-state index in [9.17, 15) is 4.79 Å². The van der Waals surface area contributed by atoms with Gasteiger partial charge in [-0.2, -0.15) is 20.7 Å². The summed E-state index contributed by atoms with van der Waals surface area (Å²) in [6, 6.07) is 1.88. The van der Waals surface area contributed by atoms with Crippen molar-refractivity contribution in [2.45, 2.75) is 11.3 Å². The number of thioether (sulfide) groups is 1. The second kappa shape index (κ2) is 6.73. The average molecular weight is 342 g/mol. The molecule has 1 aliphatic rings. The van der Waals surface area contributed by atoms with Gasteiger partial charge in [0, 0.05) is 18.1 Å². The van der Waals surface area contributed by atoms with Crippen molar-refractivity contribution in [1.82, 2.24) is 14.3 Å². The highest BCUT2D eigenvalue weighted by atomic mass is 32.2. The van der Waals surface area contributed by atoms with E-state index in [-0.39, 0.29) is 12.1 Å². The summed E-state index contributed by atoms with van der Waals surface area (Å²) in [4.78, 5) is 18.2. The van der Waals surface area contributed by atoms with Crippen molar-refractivity contribution in [2.24, 2.45) is 0 Å². The number of nitrogens with zero attached hydrogens (tertiary/aromatic N) is 3. The predicted octanol–water partition coefficient (Wildman–Crippen LogP) is 2.93. The molecule has 0 bridgehead atoms. The fourth-order valence-corrected chi connectivity index (χ4v) is 3.83. The quantitative estimate of drug-likeness (QED) is 0.869. The number of thiophene rings is 1. The van der Waals surface area contributed by atoms with Gasteiger partial charge in [-0.25, -0.2) is 4.79 Å². The fourth-order valence-electron chi connectivity index (χ4n) is 2.01. The molecule has 2 aromatic rings. The van der Waals surface area contributed by atoms with E-state index in [0.29, 0.717) is 30.0 Å². The largest absolute Gasteiger partial charge is 0.370 e. The molecule has 21 heavy (non-hydrogen) atoms. The fraction of sp³-hybridized carbons (Fsp3) is 0.417. The van der Waals surface area contributed by atoms with Gasteiger partial charge in [-0.1, -0.05) is 11.8 Å². The average Bonchev–Trinajstić information content (AvgIpc) is 3.18. The van der Waals surface area contributed by atoms with Crippen LogP contribution in [0.1, 0.15) is 11.7 Å². The summed E-state index contributed by atoms with van der Waals surface area (Å²) in [6.45, 7) is 1.68. The lowest BCUT2D eigenvalue weighted by Gasteiger charge is -2.32. The van der Waals surface area contributed by atoms with E-state index in [4.69, 9.17) is 4.74 Å². The summed E-state index contributed by atoms with van der Waals surface area (Å²) in [5.74, 6) is 0. The van der Waals surface area contributed by atoms with Crippen LogP contribution in [0.2, 0.25) is 0 Å². The third-order valence-corrected chi connectivity index (χ3v) is 5.07. The number of carbonyl (C=O) groups excluding carboxylic acids is 1. The number of hydrogen-bond donors (Lipinski definition) is 1. The number of ether oxygens (including phenoxy) is 1. The second-order valence-corrected chi connectivity index (χ2v) is 6.68. The number of morpholine rings is 1. The van der Waals surface area contributed by atoms with Crippen LogP contribution in [0.15, 0.2) is 22.0 Å². The number of nitrogens with one attached hydrogen (secondary N) is 1. The van der Waals surface area contributed by atoms with E-state index in [2.05, 4.69) is 20.1 Å². The number of carbonyl (C=O) groups is 1. The maximum Gasteiger partial charge on any atom is 0.323 e. The number of hydrogen-bond acceptors (Lipinski definition) is 7. The Bertz CT molecular complexity index is 601. The van der Waals surface area contributed by atoms with Gasteiger partial charge in [-0.05, 0) is 28.6 Å². The van der Waals surface area contributed by atoms with Gasteiger partial charge >= 0.3 is 6.03 Å². The molecule has 112 valence electrons. The number of anilines is 1. The Morgan fingerprint density at radius 3 is 3.24 bits per heavy atom. The van der Waals surface area contributed by atoms with Crippen LogP contribution >= 0.6 is 34.6 Å². The number of amides is 2. The predicted molar refractivity (Wildman–Crippen MR) is 85.3 cm³/mol. The van der Waals surface area contributed by atoms with Gasteiger partial charge in [-0.15, -0.1) is 0 Å². The van der Waals surface area contributed by atoms with E-state index in [1.165, 1.54) is 23.3 Å². The van der Waals surface area contributed by atoms with Crippen molar-refractivity contribution in [2.75, 3.05) is 31.3 Å². The van der Waals surface area contributed by atoms with Crippen LogP contribution in [0.3, 0.4) is 0 Å². The van der Waals surface area contributed by atoms with Gasteiger partial charge in [-0.3, -0.25) is 5.32 Å². The van der Waals surface area contributed by atoms with Gasteiger partial charge in [0.1, 0.15) is 6.10 Å². The van der Waals surface area contributed by atoms with Crippen LogP contribution in [0.5, 0.6) is 0 Å². The molecule has 0 saturated carbocycles. The van der Waals surface area contributed by atoms with Gasteiger partial charge in [0.05, 0.1) is 13.2 Å². The van der Waals surface area contributed by atoms with Crippen molar-refractivity contribution in [3.63, 3.8) is 0 Å². The van der Waals surface area contributed by atoms with Gasteiger partial charge in [0.15, 0.2) is 0 Å². The first-order chi connectivity index (χ1) is 10.3. The zero-order valence-corrected chi connectivity index (χ0v) is 13.8. The first-order valence-corrected chi connectivity index (χ1v) is 9.27. The zero-order chi connectivity index (χ0) is 14.7. The third-order valence-electron chi connectivity index (χ3n) is 3.07. The summed E-state index contributed by atoms with van der Waals surface area (Å²) in [5, 5.41) is 8.08. The highest BCUT2D eigenvalue weighted by molar-refractivity contribution is 7.98. The monoisotopic (exact) mass is 342 g/mol. The van der Waals surface area contributed by atoms with E-state index in [0.717, 1.165) is 5.56 Å². The number of aromatic nitrogens is 2. The SMILES string of the molecule is CSc1nsc(NC(=O)N2CCO[C@@H](c3ccsc3)C2)n1. The summed E-state index contributed by atoms with van der Waals surface area (Å²) >= 11 is 4.28. The molecule has 1 fully saturated rings. The first kappa shape index (κ1) is 14.8. The van der Waals surface area contributed by atoms with Crippen LogP contribution in [-0.2, 0) is 4.74 Å². The highest BCUT2D eigenvalue weighted by Crippen LogP contribution is 2.25. The molecule has 6 nitrogen and oxygen atoms in total. The smallest absolute Gasteiger partial charge is 0.323 e. The molecule has 3 heterocycles. The lowest BCUT2D eigenvalue weighted by atomic mass is 10.1. The Hall–Kier alpha value is -1.16. The molecule has 1 atom stereocenters. The molecule has 0 radical (unpaired) electrons. The Morgan fingerprint density at radius 2 is 2.52 bits per heavy atom. The molecular weight excluding hydrogens is 328 g/mol. The normalized spacial score (nSPS) is 18.7. The standard InChI is InChI=1S/C12H14N4O2S3/c1-19-11-13-10(21-15-11)14-12(17)16-3-4-18-9(6-16)8-2-5-20-7-8/h2,5,7,9H,3-4,6H2,1H3,(H,13,14,15,17)/t9-/m1/s1. The lowest BCUT2D eigenvalue weighted by Crippen LogP contribution is -2.44. The van der Waals surface area contributed by atoms with Crippen molar-refractivity contribution in [3.05, 3.63) is 22.4 Å². The summed E-state index contributed by atoms with van der Waals surface area (Å²) in [7, 11) is 0. The molecular formula is C12H14N4O2S3. The van der Waals surface area contributed by atoms with Crippen LogP contribution in [0.4, 0.5) is 9.93 Å². The third kappa shape index (κ3) is 3.54. The molecule has 0 unspecified atom stereocenters. The van der Waals surface area contributed by atoms with Gasteiger partial charge < -0.3 is 9.64 Å². The van der Waals surface area contributed by atoms with Crippen molar-refractivity contribution in [3.8, 4) is 0 Å². The molecule has 9 heteroatoms. The van der Waals surface area contributed by atoms with Crippen molar-refractivity contribution in [1.29, 1.82) is 0 Å². The minimum atomic E-state index is -0.151. The van der Waals surface area contributed by atoms with E-state index >= 15 is 0 Å². The molecule has 3 rings (SSSR count). The maximum atomic E-state index is 12.3. The molecule has 1 N–H and O–H groups in total. The van der Waals surface area contributed by atoms with E-state index < -0.39 is 0 Å². The lowest BCUT2D eigenvalue weighted by molar-refractivity contribution is -0.0132. The Morgan fingerprint density at radius 1 is 1.62 bits per heavy atom. The van der Waals surface area contributed by atoms with Crippen LogP contribution in [0, 0.1) is 0 Å². The zero-order valence-electron chi connectivity index (χ0n) is 11.3. The van der Waals surface area contributed by atoms with Crippen molar-refractivity contribution < 1.29 is 9.53 Å². The van der Waals surface area contributed by atoms with E-state index in [1.54, 1.807) is 16.2 Å². The first-order valence-electron chi connectivity index (χ1n) is 6.33. The van der Waals surface area contributed by atoms with E-state index in [1.807, 2.05) is 17.7 Å². The Labute approximate surface area is 134 Å². The molecule has 2 aromatic heterocycles. The van der Waals surface area contributed by atoms with Gasteiger partial charge in [0.25, 0.3) is 0 Å². The van der Waals surface area contributed by atoms with Crippen LogP contribution < -0.4 is 5.32 Å². The Kier molecular flexibility index (Phi) is 4.73. The Balaban J connectivity index is 1.61. The number of urea groups is 1. The summed E-state index contributed by atoms with van der Waals surface area (Å²) < 4.78 is 9.86. The van der Waals surface area contributed by atoms with Crippen molar-refractivity contribution >= 4 is 45.8 Å². The second-order valence-electron chi connectivity index (χ2n) is 4.38. The molecule has 0 aliphatic carbocycles. The van der Waals surface area contributed by atoms with Gasteiger partial charge in [0.2, 0.25) is 10.3 Å². The topological polar surface area (TPSA) is 67.4 Å². The molecule has 0 aromatic carbocycles. The molecule has 0 spiro atoms. The van der Waals surface area contributed by atoms with Crippen LogP contribution in [0.25, 0.3) is 0 Å². The highest BCUT2D eigenvalue weighted by Gasteiger charge is 2.26.